The molecule has 0 aliphatic heterocycles. The fourth-order valence-electron chi connectivity index (χ4n) is 3.81. The summed E-state index contributed by atoms with van der Waals surface area (Å²) in [5, 5.41) is 0.769. The maximum absolute atomic E-state index is 12.0. The number of hydrogen-bond acceptors (Lipinski definition) is 5. The zero-order chi connectivity index (χ0) is 21.4. The number of thiophene rings is 1. The summed E-state index contributed by atoms with van der Waals surface area (Å²) in [6, 6.07) is 17.9. The second-order valence-corrected chi connectivity index (χ2v) is 8.39. The number of primary amides is 1. The Balaban J connectivity index is 2.20. The van der Waals surface area contributed by atoms with Gasteiger partial charge in [-0.3, -0.25) is 4.79 Å². The van der Waals surface area contributed by atoms with E-state index < -0.39 is 5.91 Å². The van der Waals surface area contributed by atoms with Crippen molar-refractivity contribution in [1.29, 1.82) is 0 Å². The summed E-state index contributed by atoms with van der Waals surface area (Å²) >= 11 is 1.24. The number of fused-ring (bicyclic) bond motifs is 1. The van der Waals surface area contributed by atoms with Gasteiger partial charge in [0.2, 0.25) is 0 Å². The van der Waals surface area contributed by atoms with Crippen molar-refractivity contribution in [2.24, 2.45) is 5.73 Å². The Morgan fingerprint density at radius 2 is 1.77 bits per heavy atom. The molecule has 0 fully saturated rings. The summed E-state index contributed by atoms with van der Waals surface area (Å²) in [6.07, 6.45) is 0. The molecule has 2 aromatic carbocycles. The number of amides is 1. The van der Waals surface area contributed by atoms with Crippen LogP contribution in [0.25, 0.3) is 32.6 Å². The van der Waals surface area contributed by atoms with Gasteiger partial charge in [0.05, 0.1) is 18.5 Å². The first-order valence-electron chi connectivity index (χ1n) is 9.67. The highest BCUT2D eigenvalue weighted by Crippen LogP contribution is 2.46. The van der Waals surface area contributed by atoms with Gasteiger partial charge >= 0.3 is 0 Å². The normalized spacial score (nSPS) is 11.2. The van der Waals surface area contributed by atoms with Crippen LogP contribution in [-0.4, -0.2) is 18.0 Å². The molecule has 4 aromatic rings. The molecular formula is C24H23N3O2S. The second kappa shape index (κ2) is 7.80. The number of carbonyl (C=O) groups is 1. The number of nitrogen functional groups attached to an aromatic ring is 1. The van der Waals surface area contributed by atoms with Crippen molar-refractivity contribution in [2.45, 2.75) is 19.8 Å². The lowest BCUT2D eigenvalue weighted by molar-refractivity contribution is 0.100. The minimum atomic E-state index is -0.542. The van der Waals surface area contributed by atoms with Crippen molar-refractivity contribution in [3.63, 3.8) is 0 Å². The molecule has 0 radical (unpaired) electrons. The molecule has 0 bridgehead atoms. The predicted molar refractivity (Wildman–Crippen MR) is 124 cm³/mol. The number of benzene rings is 2. The third-order valence-electron chi connectivity index (χ3n) is 5.12. The number of ether oxygens (including phenoxy) is 1. The SMILES string of the molecule is COc1cccc(-c2c(C(C)C)c(-c3ccccc3)nc3sc(C(N)=O)c(N)c23)c1. The lowest BCUT2D eigenvalue weighted by Gasteiger charge is -2.20. The van der Waals surface area contributed by atoms with Gasteiger partial charge in [-0.15, -0.1) is 11.3 Å². The van der Waals surface area contributed by atoms with Crippen LogP contribution in [0.5, 0.6) is 5.75 Å². The Bertz CT molecular complexity index is 1250. The number of methoxy groups -OCH3 is 1. The first kappa shape index (κ1) is 19.9. The molecule has 0 spiro atoms. The van der Waals surface area contributed by atoms with Crippen LogP contribution >= 0.6 is 11.3 Å². The van der Waals surface area contributed by atoms with Crippen molar-refractivity contribution < 1.29 is 9.53 Å². The van der Waals surface area contributed by atoms with E-state index in [9.17, 15) is 4.79 Å². The van der Waals surface area contributed by atoms with Crippen molar-refractivity contribution in [3.8, 4) is 28.1 Å². The van der Waals surface area contributed by atoms with E-state index in [-0.39, 0.29) is 5.92 Å². The first-order chi connectivity index (χ1) is 14.4. The Hall–Kier alpha value is -3.38. The van der Waals surface area contributed by atoms with Gasteiger partial charge in [-0.25, -0.2) is 4.98 Å². The number of carbonyl (C=O) groups excluding carboxylic acids is 1. The van der Waals surface area contributed by atoms with Crippen molar-refractivity contribution in [3.05, 3.63) is 65.0 Å². The summed E-state index contributed by atoms with van der Waals surface area (Å²) in [5.74, 6) is 0.367. The molecule has 0 saturated heterocycles. The van der Waals surface area contributed by atoms with E-state index >= 15 is 0 Å². The standard InChI is InChI=1S/C24H23N3O2S/c1-13(2)17-18(15-10-7-11-16(12-15)29-3)19-20(25)22(23(26)28)30-24(19)27-21(17)14-8-5-4-6-9-14/h4-13H,25H2,1-3H3,(H2,26,28). The van der Waals surface area contributed by atoms with E-state index in [0.29, 0.717) is 15.4 Å². The van der Waals surface area contributed by atoms with Crippen LogP contribution in [0.1, 0.15) is 35.0 Å². The van der Waals surface area contributed by atoms with Gasteiger partial charge in [0, 0.05) is 10.9 Å². The molecule has 30 heavy (non-hydrogen) atoms. The largest absolute Gasteiger partial charge is 0.497 e. The Morgan fingerprint density at radius 1 is 1.07 bits per heavy atom. The third-order valence-corrected chi connectivity index (χ3v) is 6.24. The van der Waals surface area contributed by atoms with Gasteiger partial charge in [0.25, 0.3) is 5.91 Å². The van der Waals surface area contributed by atoms with E-state index in [1.165, 1.54) is 11.3 Å². The lowest BCUT2D eigenvalue weighted by atomic mass is 9.87. The van der Waals surface area contributed by atoms with Crippen molar-refractivity contribution >= 4 is 33.1 Å². The topological polar surface area (TPSA) is 91.2 Å². The predicted octanol–water partition coefficient (Wildman–Crippen LogP) is 5.44. The highest BCUT2D eigenvalue weighted by atomic mass is 32.1. The summed E-state index contributed by atoms with van der Waals surface area (Å²) in [5.41, 5.74) is 17.3. The molecule has 0 atom stereocenters. The molecule has 2 heterocycles. The lowest BCUT2D eigenvalue weighted by Crippen LogP contribution is -2.10. The fourth-order valence-corrected chi connectivity index (χ4v) is 4.76. The molecule has 4 N–H and O–H groups in total. The van der Waals surface area contributed by atoms with E-state index in [1.54, 1.807) is 7.11 Å². The maximum Gasteiger partial charge on any atom is 0.260 e. The molecule has 4 rings (SSSR count). The van der Waals surface area contributed by atoms with Gasteiger partial charge in [-0.2, -0.15) is 0 Å². The number of pyridine rings is 1. The average Bonchev–Trinajstić information content (AvgIpc) is 3.09. The number of rotatable bonds is 5. The van der Waals surface area contributed by atoms with Crippen LogP contribution < -0.4 is 16.2 Å². The van der Waals surface area contributed by atoms with Gasteiger partial charge in [-0.05, 0) is 34.7 Å². The molecule has 0 aliphatic rings. The number of anilines is 1. The number of nitrogens with zero attached hydrogens (tertiary/aromatic N) is 1. The molecule has 0 unspecified atom stereocenters. The average molecular weight is 418 g/mol. The van der Waals surface area contributed by atoms with Crippen LogP contribution in [0, 0.1) is 0 Å². The van der Waals surface area contributed by atoms with Gasteiger partial charge in [0.15, 0.2) is 0 Å². The van der Waals surface area contributed by atoms with E-state index in [2.05, 4.69) is 13.8 Å². The molecule has 0 saturated carbocycles. The van der Waals surface area contributed by atoms with Crippen LogP contribution in [0.2, 0.25) is 0 Å². The van der Waals surface area contributed by atoms with E-state index in [1.807, 2.05) is 54.6 Å². The Labute approximate surface area is 179 Å². The summed E-state index contributed by atoms with van der Waals surface area (Å²) in [6.45, 7) is 4.27. The molecule has 1 amide bonds. The molecule has 0 aliphatic carbocycles. The highest BCUT2D eigenvalue weighted by Gasteiger charge is 2.25. The first-order valence-corrected chi connectivity index (χ1v) is 10.5. The maximum atomic E-state index is 12.0. The molecule has 6 heteroatoms. The zero-order valence-electron chi connectivity index (χ0n) is 17.1. The minimum Gasteiger partial charge on any atom is -0.497 e. The third kappa shape index (κ3) is 3.29. The van der Waals surface area contributed by atoms with Crippen LogP contribution in [0.15, 0.2) is 54.6 Å². The number of nitrogens with two attached hydrogens (primary N) is 2. The van der Waals surface area contributed by atoms with E-state index in [4.69, 9.17) is 21.2 Å². The Morgan fingerprint density at radius 3 is 2.40 bits per heavy atom. The summed E-state index contributed by atoms with van der Waals surface area (Å²) in [4.78, 5) is 18.0. The zero-order valence-corrected chi connectivity index (χ0v) is 17.9. The van der Waals surface area contributed by atoms with Crippen molar-refractivity contribution in [1.82, 2.24) is 4.98 Å². The smallest absolute Gasteiger partial charge is 0.260 e. The minimum absolute atomic E-state index is 0.162. The van der Waals surface area contributed by atoms with Crippen LogP contribution in [0.3, 0.4) is 0 Å². The monoisotopic (exact) mass is 417 g/mol. The van der Waals surface area contributed by atoms with Crippen molar-refractivity contribution in [2.75, 3.05) is 12.8 Å². The van der Waals surface area contributed by atoms with Gasteiger partial charge in [0.1, 0.15) is 15.5 Å². The number of aromatic nitrogens is 1. The summed E-state index contributed by atoms with van der Waals surface area (Å²) < 4.78 is 5.46. The second-order valence-electron chi connectivity index (χ2n) is 7.39. The highest BCUT2D eigenvalue weighted by molar-refractivity contribution is 7.21. The van der Waals surface area contributed by atoms with Crippen LogP contribution in [-0.2, 0) is 0 Å². The molecule has 152 valence electrons. The van der Waals surface area contributed by atoms with Gasteiger partial charge in [-0.1, -0.05) is 56.3 Å². The molecule has 2 aromatic heterocycles. The van der Waals surface area contributed by atoms with E-state index in [0.717, 1.165) is 39.1 Å². The number of hydrogen-bond donors (Lipinski definition) is 2. The van der Waals surface area contributed by atoms with Gasteiger partial charge < -0.3 is 16.2 Å². The quantitative estimate of drug-likeness (QED) is 0.452. The molecular weight excluding hydrogens is 394 g/mol. The molecule has 5 nitrogen and oxygen atoms in total. The summed E-state index contributed by atoms with van der Waals surface area (Å²) in [7, 11) is 1.64. The van der Waals surface area contributed by atoms with Crippen LogP contribution in [0.4, 0.5) is 5.69 Å². The fraction of sp³-hybridized carbons (Fsp3) is 0.167. The Kier molecular flexibility index (Phi) is 5.18.